The maximum Gasteiger partial charge on any atom is 0.0789 e. The Morgan fingerprint density at radius 3 is 1.04 bits per heavy atom. The molecule has 0 aliphatic rings. The van der Waals surface area contributed by atoms with Crippen molar-refractivity contribution in [3.63, 3.8) is 0 Å². The number of rotatable bonds is 42. The summed E-state index contributed by atoms with van der Waals surface area (Å²) in [5.74, 6) is 0. The van der Waals surface area contributed by atoms with Gasteiger partial charge in [0.25, 0.3) is 0 Å². The number of hydrogen-bond donors (Lipinski definition) is 3. The minimum Gasteiger partial charge on any atom is -0.392 e. The molecule has 0 aromatic rings. The zero-order valence-electron chi connectivity index (χ0n) is 35.9. The van der Waals surface area contributed by atoms with Gasteiger partial charge in [-0.05, 0) is 122 Å². The Morgan fingerprint density at radius 2 is 0.698 bits per heavy atom. The van der Waals surface area contributed by atoms with E-state index in [-0.39, 0.29) is 6.10 Å². The molecule has 0 rings (SSSR count). The molecule has 0 fully saturated rings. The quantitative estimate of drug-likeness (QED) is 0.0429. The van der Waals surface area contributed by atoms with Crippen LogP contribution in [0.15, 0.2) is 48.6 Å². The lowest BCUT2D eigenvalue weighted by Gasteiger charge is -2.26. The van der Waals surface area contributed by atoms with Gasteiger partial charge < -0.3 is 25.7 Å². The molecule has 0 heterocycles. The highest BCUT2D eigenvalue weighted by Crippen LogP contribution is 2.12. The van der Waals surface area contributed by atoms with Crippen molar-refractivity contribution in [3.05, 3.63) is 48.6 Å². The molecule has 0 amide bonds. The molecule has 0 radical (unpaired) electrons. The summed E-state index contributed by atoms with van der Waals surface area (Å²) in [6.45, 7) is 12.7. The summed E-state index contributed by atoms with van der Waals surface area (Å²) in [5, 5.41) is 20.7. The Bertz CT molecular complexity index is 760. The minimum atomic E-state index is -0.431. The van der Waals surface area contributed by atoms with Crippen LogP contribution in [0.1, 0.15) is 201 Å². The second kappa shape index (κ2) is 43.5. The largest absolute Gasteiger partial charge is 0.392 e. The fraction of sp³-hybridized carbons (Fsp3) is 0.833. The molecule has 0 aliphatic heterocycles. The molecular weight excluding hydrogens is 651 g/mol. The first-order chi connectivity index (χ1) is 26.1. The Labute approximate surface area is 332 Å². The number of nitrogens with two attached hydrogens (primary N) is 1. The molecule has 312 valence electrons. The molecule has 53 heavy (non-hydrogen) atoms. The van der Waals surface area contributed by atoms with Crippen LogP contribution in [0, 0.1) is 0 Å². The summed E-state index contributed by atoms with van der Waals surface area (Å²) in [5.41, 5.74) is 5.77. The second-order valence-corrected chi connectivity index (χ2v) is 15.8. The van der Waals surface area contributed by atoms with Gasteiger partial charge in [-0.15, -0.1) is 0 Å². The van der Waals surface area contributed by atoms with E-state index in [1.54, 1.807) is 0 Å². The van der Waals surface area contributed by atoms with Crippen LogP contribution in [0.2, 0.25) is 0 Å². The van der Waals surface area contributed by atoms with Crippen molar-refractivity contribution in [2.45, 2.75) is 213 Å². The smallest absolute Gasteiger partial charge is 0.0789 e. The van der Waals surface area contributed by atoms with Gasteiger partial charge in [-0.25, -0.2) is 0 Å². The Kier molecular flexibility index (Phi) is 42.5. The standard InChI is InChI=1S/C48H93N3O2/c1-4-7-9-11-13-15-17-19-21-23-25-27-29-31-33-36-40-50(45-47(52)6-3)42-38-35-39-43-51(46-48(53)44-49)41-37-34-32-30-28-26-24-22-20-18-16-14-12-10-8-5-2/h13-16,19-22,47-48,52-53H,4-12,17-18,23-46,49H2,1-3H3/b15-13+,16-14-,21-19-,22-20+. The summed E-state index contributed by atoms with van der Waals surface area (Å²) in [7, 11) is 0. The number of hydrogen-bond acceptors (Lipinski definition) is 5. The number of nitrogens with zero attached hydrogens (tertiary/aromatic N) is 2. The zero-order chi connectivity index (χ0) is 38.7. The van der Waals surface area contributed by atoms with Gasteiger partial charge in [-0.2, -0.15) is 0 Å². The predicted octanol–water partition coefficient (Wildman–Crippen LogP) is 12.5. The van der Waals surface area contributed by atoms with Crippen LogP contribution in [0.4, 0.5) is 0 Å². The first-order valence-corrected chi connectivity index (χ1v) is 23.2. The summed E-state index contributed by atoms with van der Waals surface area (Å²) < 4.78 is 0. The maximum absolute atomic E-state index is 10.4. The van der Waals surface area contributed by atoms with E-state index in [4.69, 9.17) is 5.73 Å². The van der Waals surface area contributed by atoms with Gasteiger partial charge in [0, 0.05) is 19.6 Å². The van der Waals surface area contributed by atoms with E-state index in [2.05, 4.69) is 79.2 Å². The van der Waals surface area contributed by atoms with E-state index in [0.29, 0.717) is 13.1 Å². The summed E-state index contributed by atoms with van der Waals surface area (Å²) in [4.78, 5) is 4.96. The molecule has 0 spiro atoms. The average Bonchev–Trinajstić information content (AvgIpc) is 3.16. The Morgan fingerprint density at radius 1 is 0.396 bits per heavy atom. The average molecular weight is 744 g/mol. The lowest BCUT2D eigenvalue weighted by Crippen LogP contribution is -2.37. The summed E-state index contributed by atoms with van der Waals surface area (Å²) >= 11 is 0. The van der Waals surface area contributed by atoms with Crippen molar-refractivity contribution in [1.82, 2.24) is 9.80 Å². The lowest BCUT2D eigenvalue weighted by molar-refractivity contribution is 0.105. The topological polar surface area (TPSA) is 73.0 Å². The minimum absolute atomic E-state index is 0.220. The second-order valence-electron chi connectivity index (χ2n) is 15.8. The van der Waals surface area contributed by atoms with E-state index in [9.17, 15) is 10.2 Å². The maximum atomic E-state index is 10.4. The highest BCUT2D eigenvalue weighted by molar-refractivity contribution is 4.93. The third-order valence-electron chi connectivity index (χ3n) is 10.5. The molecule has 0 aliphatic carbocycles. The summed E-state index contributed by atoms with van der Waals surface area (Å²) in [6.07, 6.45) is 53.0. The van der Waals surface area contributed by atoms with Crippen LogP contribution in [0.25, 0.3) is 0 Å². The van der Waals surface area contributed by atoms with Gasteiger partial charge in [0.2, 0.25) is 0 Å². The van der Waals surface area contributed by atoms with Crippen LogP contribution in [-0.4, -0.2) is 78.0 Å². The monoisotopic (exact) mass is 744 g/mol. The third-order valence-corrected chi connectivity index (χ3v) is 10.5. The molecule has 2 atom stereocenters. The van der Waals surface area contributed by atoms with Crippen LogP contribution >= 0.6 is 0 Å². The van der Waals surface area contributed by atoms with Gasteiger partial charge in [0.05, 0.1) is 12.2 Å². The van der Waals surface area contributed by atoms with Gasteiger partial charge in [0.1, 0.15) is 0 Å². The first-order valence-electron chi connectivity index (χ1n) is 23.2. The van der Waals surface area contributed by atoms with Gasteiger partial charge in [0.15, 0.2) is 0 Å². The van der Waals surface area contributed by atoms with Crippen LogP contribution < -0.4 is 5.73 Å². The number of aliphatic hydroxyl groups is 2. The molecule has 5 heteroatoms. The van der Waals surface area contributed by atoms with Gasteiger partial charge >= 0.3 is 0 Å². The SMILES string of the molecule is CCCCC/C=C\C/C=C/CCCCCCCCN(CCCCCN(CCCCCCCC/C=C\C/C=C/CCCCC)CC(O)CC)CC(O)CN. The van der Waals surface area contributed by atoms with E-state index in [0.717, 1.165) is 58.4 Å². The highest BCUT2D eigenvalue weighted by Gasteiger charge is 2.12. The van der Waals surface area contributed by atoms with Crippen molar-refractivity contribution in [2.24, 2.45) is 5.73 Å². The molecule has 0 saturated heterocycles. The van der Waals surface area contributed by atoms with Crippen molar-refractivity contribution in [1.29, 1.82) is 0 Å². The normalized spacial score (nSPS) is 13.7. The van der Waals surface area contributed by atoms with Crippen LogP contribution in [0.5, 0.6) is 0 Å². The van der Waals surface area contributed by atoms with Crippen molar-refractivity contribution >= 4 is 0 Å². The van der Waals surface area contributed by atoms with E-state index in [1.165, 1.54) is 154 Å². The van der Waals surface area contributed by atoms with E-state index in [1.807, 2.05) is 0 Å². The lowest BCUT2D eigenvalue weighted by atomic mass is 10.1. The van der Waals surface area contributed by atoms with Crippen LogP contribution in [0.3, 0.4) is 0 Å². The molecule has 0 aromatic carbocycles. The molecule has 0 bridgehead atoms. The molecule has 0 aromatic heterocycles. The van der Waals surface area contributed by atoms with Crippen molar-refractivity contribution in [3.8, 4) is 0 Å². The predicted molar refractivity (Wildman–Crippen MR) is 237 cm³/mol. The van der Waals surface area contributed by atoms with Gasteiger partial charge in [-0.3, -0.25) is 0 Å². The van der Waals surface area contributed by atoms with Crippen LogP contribution in [-0.2, 0) is 0 Å². The zero-order valence-corrected chi connectivity index (χ0v) is 35.9. The Hall–Kier alpha value is -1.24. The van der Waals surface area contributed by atoms with Gasteiger partial charge in [-0.1, -0.05) is 153 Å². The number of allylic oxidation sites excluding steroid dienone is 8. The molecular formula is C48H93N3O2. The first kappa shape index (κ1) is 51.8. The van der Waals surface area contributed by atoms with E-state index >= 15 is 0 Å². The molecule has 5 nitrogen and oxygen atoms in total. The highest BCUT2D eigenvalue weighted by atomic mass is 16.3. The van der Waals surface area contributed by atoms with Crippen molar-refractivity contribution in [2.75, 3.05) is 45.8 Å². The fourth-order valence-electron chi connectivity index (χ4n) is 6.88. The van der Waals surface area contributed by atoms with Crippen molar-refractivity contribution < 1.29 is 10.2 Å². The summed E-state index contributed by atoms with van der Waals surface area (Å²) in [6, 6.07) is 0. The fourth-order valence-corrected chi connectivity index (χ4v) is 6.88. The van der Waals surface area contributed by atoms with E-state index < -0.39 is 6.10 Å². The Balaban J connectivity index is 4.10. The number of unbranched alkanes of at least 4 members (excludes halogenated alkanes) is 20. The third kappa shape index (κ3) is 40.2. The number of aliphatic hydroxyl groups excluding tert-OH is 2. The molecule has 2 unspecified atom stereocenters. The molecule has 0 saturated carbocycles. The molecule has 4 N–H and O–H groups in total.